The summed E-state index contributed by atoms with van der Waals surface area (Å²) in [5.41, 5.74) is 1.86. The summed E-state index contributed by atoms with van der Waals surface area (Å²) in [6.45, 7) is 7.59. The minimum absolute atomic E-state index is 0.133. The second kappa shape index (κ2) is 17.3. The molecule has 9 nitrogen and oxygen atoms in total. The van der Waals surface area contributed by atoms with Crippen LogP contribution in [0.3, 0.4) is 0 Å². The number of hydrogen-bond donors (Lipinski definition) is 4. The third kappa shape index (κ3) is 11.7. The monoisotopic (exact) mass is 621 g/mol. The number of aromatic nitrogens is 1. The molecule has 1 aliphatic heterocycles. The Hall–Kier alpha value is -3.87. The number of carbonyl (C=O) groups excluding carboxylic acids is 4. The number of rotatable bonds is 12. The van der Waals surface area contributed by atoms with Crippen molar-refractivity contribution in [2.24, 2.45) is 4.99 Å². The van der Waals surface area contributed by atoms with Crippen molar-refractivity contribution >= 4 is 51.2 Å². The molecule has 0 spiro atoms. The van der Waals surface area contributed by atoms with E-state index in [-0.39, 0.29) is 18.7 Å². The van der Waals surface area contributed by atoms with Crippen molar-refractivity contribution in [3.05, 3.63) is 59.8 Å². The highest BCUT2D eigenvalue weighted by molar-refractivity contribution is 8.14. The summed E-state index contributed by atoms with van der Waals surface area (Å²) in [5.74, 6) is -2.94. The van der Waals surface area contributed by atoms with Crippen molar-refractivity contribution in [1.82, 2.24) is 20.9 Å². The lowest BCUT2D eigenvalue weighted by Crippen LogP contribution is -2.52. The minimum Gasteiger partial charge on any atom is -0.361 e. The molecule has 0 aliphatic carbocycles. The number of nitrogens with one attached hydrogen (secondary N) is 4. The number of nitrogens with zero attached hydrogens (tertiary/aromatic N) is 1. The van der Waals surface area contributed by atoms with Crippen LogP contribution in [0, 0.1) is 0 Å². The number of ketones is 1. The number of para-hydroxylation sites is 1. The zero-order valence-electron chi connectivity index (χ0n) is 24.6. The number of alkyl halides is 3. The second-order valence-corrected chi connectivity index (χ2v) is 10.8. The van der Waals surface area contributed by atoms with Crippen molar-refractivity contribution < 1.29 is 32.3 Å². The van der Waals surface area contributed by atoms with Crippen LogP contribution in [0.15, 0.2) is 59.3 Å². The van der Waals surface area contributed by atoms with E-state index >= 15 is 0 Å². The molecule has 1 aliphatic rings. The van der Waals surface area contributed by atoms with E-state index in [1.54, 1.807) is 63.3 Å². The first-order valence-corrected chi connectivity index (χ1v) is 14.8. The maximum Gasteiger partial charge on any atom is 0.452 e. The Bertz CT molecular complexity index is 1370. The van der Waals surface area contributed by atoms with Gasteiger partial charge >= 0.3 is 6.18 Å². The highest BCUT2D eigenvalue weighted by Crippen LogP contribution is 2.23. The van der Waals surface area contributed by atoms with Gasteiger partial charge in [0.05, 0.1) is 11.6 Å². The predicted molar refractivity (Wildman–Crippen MR) is 164 cm³/mol. The molecule has 1 aromatic heterocycles. The van der Waals surface area contributed by atoms with Crippen molar-refractivity contribution in [3.63, 3.8) is 0 Å². The molecule has 0 saturated carbocycles. The number of amides is 3. The molecular formula is C30H38F3N5O4S. The molecule has 2 aromatic rings. The van der Waals surface area contributed by atoms with E-state index in [0.717, 1.165) is 12.1 Å². The SMILES string of the molecule is C/C=C\C(=C/C)CC(NC(=O)CC)C(=O)NCC(=O)NC(Cc1c[nH]c2ccccc12)C(=O)C(F)(F)F.CC1=NCCS1. The van der Waals surface area contributed by atoms with Gasteiger partial charge < -0.3 is 20.9 Å². The molecule has 0 radical (unpaired) electrons. The van der Waals surface area contributed by atoms with Crippen LogP contribution in [0.4, 0.5) is 13.2 Å². The number of fused-ring (bicyclic) bond motifs is 1. The Labute approximate surface area is 253 Å². The molecule has 2 heterocycles. The van der Waals surface area contributed by atoms with E-state index < -0.39 is 48.8 Å². The van der Waals surface area contributed by atoms with E-state index in [1.807, 2.05) is 11.8 Å². The predicted octanol–water partition coefficient (Wildman–Crippen LogP) is 4.40. The maximum atomic E-state index is 13.3. The lowest BCUT2D eigenvalue weighted by Gasteiger charge is -2.21. The fraction of sp³-hybridized carbons (Fsp3) is 0.433. The first kappa shape index (κ1) is 35.3. The molecule has 2 atom stereocenters. The first-order chi connectivity index (χ1) is 20.4. The number of hydrogen-bond acceptors (Lipinski definition) is 6. The summed E-state index contributed by atoms with van der Waals surface area (Å²) in [5, 5.41) is 8.88. The van der Waals surface area contributed by atoms with Crippen LogP contribution in [0.1, 0.15) is 46.1 Å². The van der Waals surface area contributed by atoms with Crippen LogP contribution < -0.4 is 16.0 Å². The van der Waals surface area contributed by atoms with Gasteiger partial charge in [-0.1, -0.05) is 48.9 Å². The fourth-order valence-corrected chi connectivity index (χ4v) is 4.80. The van der Waals surface area contributed by atoms with Gasteiger partial charge in [0.1, 0.15) is 12.1 Å². The number of benzene rings is 1. The van der Waals surface area contributed by atoms with Crippen LogP contribution in [0.25, 0.3) is 10.9 Å². The molecule has 43 heavy (non-hydrogen) atoms. The van der Waals surface area contributed by atoms with Gasteiger partial charge in [-0.15, -0.1) is 11.8 Å². The Morgan fingerprint density at radius 2 is 1.79 bits per heavy atom. The van der Waals surface area contributed by atoms with Crippen molar-refractivity contribution in [2.45, 2.75) is 65.2 Å². The third-order valence-electron chi connectivity index (χ3n) is 6.35. The number of aromatic amines is 1. The lowest BCUT2D eigenvalue weighted by atomic mass is 10.0. The van der Waals surface area contributed by atoms with Gasteiger partial charge in [0.2, 0.25) is 17.7 Å². The van der Waals surface area contributed by atoms with Gasteiger partial charge in [0.15, 0.2) is 0 Å². The van der Waals surface area contributed by atoms with Crippen LogP contribution in [0.5, 0.6) is 0 Å². The molecule has 1 aromatic carbocycles. The Morgan fingerprint density at radius 1 is 1.09 bits per heavy atom. The molecule has 3 amide bonds. The normalized spacial score (nSPS) is 14.9. The van der Waals surface area contributed by atoms with Crippen LogP contribution in [0.2, 0.25) is 0 Å². The summed E-state index contributed by atoms with van der Waals surface area (Å²) < 4.78 is 39.8. The number of aliphatic imine (C=N–C) groups is 1. The standard InChI is InChI=1S/C26H31F3N4O4.C4H7NS/c1-4-9-16(5-2)12-21(33-22(34)6-3)25(37)31-15-23(35)32-20(24(36)26(27,28)29)13-17-14-30-19-11-8-7-10-18(17)19;1-4-5-2-3-6-4/h4-5,7-11,14,20-21,30H,6,12-13,15H2,1-3H3,(H,31,37)(H,32,35)(H,33,34);2-3H2,1H3/b9-4-,16-5+;. The topological polar surface area (TPSA) is 133 Å². The number of Topliss-reactive ketones (excluding diaryl/α,β-unsaturated/α-hetero) is 1. The van der Waals surface area contributed by atoms with E-state index in [1.165, 1.54) is 17.0 Å². The molecular weight excluding hydrogens is 583 g/mol. The Kier molecular flexibility index (Phi) is 14.2. The molecule has 0 bridgehead atoms. The number of halogens is 3. The summed E-state index contributed by atoms with van der Waals surface area (Å²) >= 11 is 1.85. The highest BCUT2D eigenvalue weighted by Gasteiger charge is 2.44. The lowest BCUT2D eigenvalue weighted by molar-refractivity contribution is -0.173. The molecule has 13 heteroatoms. The molecule has 3 rings (SSSR count). The van der Waals surface area contributed by atoms with Gasteiger partial charge in [-0.3, -0.25) is 24.2 Å². The van der Waals surface area contributed by atoms with E-state index in [4.69, 9.17) is 0 Å². The summed E-state index contributed by atoms with van der Waals surface area (Å²) in [6, 6.07) is 3.99. The van der Waals surface area contributed by atoms with E-state index in [2.05, 4.69) is 32.9 Å². The summed E-state index contributed by atoms with van der Waals surface area (Å²) in [4.78, 5) is 56.2. The second-order valence-electron chi connectivity index (χ2n) is 9.55. The van der Waals surface area contributed by atoms with Gasteiger partial charge in [0.25, 0.3) is 5.78 Å². The van der Waals surface area contributed by atoms with E-state index in [9.17, 15) is 32.3 Å². The number of allylic oxidation sites excluding steroid dienone is 3. The average Bonchev–Trinajstić information content (AvgIpc) is 3.63. The number of H-pyrrole nitrogens is 1. The number of thioether (sulfide) groups is 1. The quantitative estimate of drug-likeness (QED) is 0.261. The molecule has 0 saturated heterocycles. The smallest absolute Gasteiger partial charge is 0.361 e. The van der Waals surface area contributed by atoms with E-state index in [0.29, 0.717) is 16.5 Å². The van der Waals surface area contributed by atoms with Crippen LogP contribution in [-0.4, -0.2) is 70.6 Å². The molecule has 2 unspecified atom stereocenters. The first-order valence-electron chi connectivity index (χ1n) is 13.8. The number of carbonyl (C=O) groups is 4. The van der Waals surface area contributed by atoms with Crippen LogP contribution >= 0.6 is 11.8 Å². The zero-order chi connectivity index (χ0) is 32.0. The summed E-state index contributed by atoms with van der Waals surface area (Å²) in [7, 11) is 0. The highest BCUT2D eigenvalue weighted by atomic mass is 32.2. The molecule has 0 fully saturated rings. The zero-order valence-corrected chi connectivity index (χ0v) is 25.5. The van der Waals surface area contributed by atoms with Crippen molar-refractivity contribution in [3.8, 4) is 0 Å². The van der Waals surface area contributed by atoms with Gasteiger partial charge in [0, 0.05) is 48.7 Å². The van der Waals surface area contributed by atoms with Gasteiger partial charge in [-0.2, -0.15) is 13.2 Å². The minimum atomic E-state index is -5.17. The molecule has 4 N–H and O–H groups in total. The average molecular weight is 622 g/mol. The van der Waals surface area contributed by atoms with Crippen molar-refractivity contribution in [2.75, 3.05) is 18.8 Å². The molecule has 234 valence electrons. The largest absolute Gasteiger partial charge is 0.452 e. The summed E-state index contributed by atoms with van der Waals surface area (Å²) in [6.07, 6.45) is 1.50. The Balaban J connectivity index is 0.000000953. The third-order valence-corrected chi connectivity index (χ3v) is 7.29. The van der Waals surface area contributed by atoms with Crippen LogP contribution in [-0.2, 0) is 25.6 Å². The Morgan fingerprint density at radius 3 is 2.35 bits per heavy atom. The fourth-order valence-electron chi connectivity index (χ4n) is 4.14. The maximum absolute atomic E-state index is 13.3. The van der Waals surface area contributed by atoms with Gasteiger partial charge in [-0.05, 0) is 32.4 Å². The van der Waals surface area contributed by atoms with Gasteiger partial charge in [-0.25, -0.2) is 0 Å². The van der Waals surface area contributed by atoms with Crippen molar-refractivity contribution in [1.29, 1.82) is 0 Å².